The molecule has 92 valence electrons. The summed E-state index contributed by atoms with van der Waals surface area (Å²) in [6, 6.07) is -0.508. The molecular formula is C12H16N2O3. The molecule has 0 radical (unpaired) electrons. The van der Waals surface area contributed by atoms with E-state index in [1.165, 1.54) is 11.3 Å². The molecule has 3 rings (SSSR count). The van der Waals surface area contributed by atoms with Crippen LogP contribution in [0.3, 0.4) is 0 Å². The molecule has 1 spiro atoms. The number of carbonyl (C=O) groups excluding carboxylic acids is 3. The lowest BCUT2D eigenvalue weighted by molar-refractivity contribution is -0.146. The Kier molecular flexibility index (Phi) is 2.24. The van der Waals surface area contributed by atoms with Crippen LogP contribution in [-0.4, -0.2) is 28.8 Å². The molecule has 0 aromatic heterocycles. The summed E-state index contributed by atoms with van der Waals surface area (Å²) in [6.07, 6.45) is 6.23. The summed E-state index contributed by atoms with van der Waals surface area (Å²) in [5.41, 5.74) is -0.884. The highest BCUT2D eigenvalue weighted by Gasteiger charge is 2.62. The second kappa shape index (κ2) is 3.55. The van der Waals surface area contributed by atoms with E-state index in [1.54, 1.807) is 0 Å². The smallest absolute Gasteiger partial charge is 0.277 e. The van der Waals surface area contributed by atoms with Gasteiger partial charge in [-0.15, -0.1) is 0 Å². The van der Waals surface area contributed by atoms with Gasteiger partial charge < -0.3 is 0 Å². The van der Waals surface area contributed by atoms with E-state index in [4.69, 9.17) is 0 Å². The normalized spacial score (nSPS) is 28.5. The first-order valence-electron chi connectivity index (χ1n) is 6.34. The van der Waals surface area contributed by atoms with Crippen molar-refractivity contribution in [2.45, 2.75) is 51.0 Å². The molecule has 2 saturated carbocycles. The maximum atomic E-state index is 12.3. The summed E-state index contributed by atoms with van der Waals surface area (Å²) < 4.78 is 0. The average Bonchev–Trinajstić information content (AvgIpc) is 3.10. The van der Waals surface area contributed by atoms with Gasteiger partial charge in [-0.1, -0.05) is 19.3 Å². The fourth-order valence-corrected chi connectivity index (χ4v) is 2.93. The number of urea groups is 1. The number of imide groups is 2. The van der Waals surface area contributed by atoms with E-state index in [2.05, 4.69) is 5.32 Å². The molecule has 4 amide bonds. The van der Waals surface area contributed by atoms with Crippen molar-refractivity contribution in [3.63, 3.8) is 0 Å². The molecule has 1 heterocycles. The first-order valence-corrected chi connectivity index (χ1v) is 6.34. The van der Waals surface area contributed by atoms with Crippen LogP contribution in [0.5, 0.6) is 0 Å². The molecule has 17 heavy (non-hydrogen) atoms. The van der Waals surface area contributed by atoms with Gasteiger partial charge in [0.25, 0.3) is 0 Å². The van der Waals surface area contributed by atoms with Crippen LogP contribution in [0.4, 0.5) is 4.79 Å². The van der Waals surface area contributed by atoms with Crippen molar-refractivity contribution in [2.24, 2.45) is 5.41 Å². The van der Waals surface area contributed by atoms with E-state index >= 15 is 0 Å². The predicted octanol–water partition coefficient (Wildman–Crippen LogP) is 1.18. The highest BCUT2D eigenvalue weighted by molar-refractivity contribution is 6.21. The minimum Gasteiger partial charge on any atom is -0.277 e. The second-order valence-electron chi connectivity index (χ2n) is 5.31. The molecule has 0 aromatic rings. The van der Waals surface area contributed by atoms with Gasteiger partial charge in [-0.3, -0.25) is 19.8 Å². The van der Waals surface area contributed by atoms with Crippen LogP contribution in [0, 0.1) is 5.41 Å². The summed E-state index contributed by atoms with van der Waals surface area (Å²) in [5, 5.41) is 2.34. The molecule has 3 fully saturated rings. The van der Waals surface area contributed by atoms with Crippen molar-refractivity contribution in [3.8, 4) is 0 Å². The Labute approximate surface area is 99.5 Å². The molecule has 0 unspecified atom stereocenters. The van der Waals surface area contributed by atoms with Gasteiger partial charge in [-0.05, 0) is 25.7 Å². The maximum Gasteiger partial charge on any atom is 0.331 e. The Morgan fingerprint density at radius 2 is 1.71 bits per heavy atom. The van der Waals surface area contributed by atoms with E-state index in [0.717, 1.165) is 25.7 Å². The quantitative estimate of drug-likeness (QED) is 0.695. The Morgan fingerprint density at radius 1 is 1.06 bits per heavy atom. The van der Waals surface area contributed by atoms with Gasteiger partial charge in [0, 0.05) is 6.04 Å². The van der Waals surface area contributed by atoms with Gasteiger partial charge in [0.2, 0.25) is 11.8 Å². The van der Waals surface area contributed by atoms with Gasteiger partial charge >= 0.3 is 6.03 Å². The van der Waals surface area contributed by atoms with Crippen LogP contribution in [0.2, 0.25) is 0 Å². The minimum absolute atomic E-state index is 0.00169. The van der Waals surface area contributed by atoms with Crippen LogP contribution >= 0.6 is 0 Å². The first-order chi connectivity index (χ1) is 8.15. The molecule has 0 aromatic carbocycles. The summed E-state index contributed by atoms with van der Waals surface area (Å²) in [6.45, 7) is 0. The van der Waals surface area contributed by atoms with Crippen molar-refractivity contribution in [3.05, 3.63) is 0 Å². The van der Waals surface area contributed by atoms with E-state index in [-0.39, 0.29) is 17.9 Å². The molecule has 1 N–H and O–H groups in total. The van der Waals surface area contributed by atoms with Gasteiger partial charge in [0.1, 0.15) is 5.41 Å². The molecule has 5 heteroatoms. The third kappa shape index (κ3) is 1.48. The van der Waals surface area contributed by atoms with Gasteiger partial charge in [0.05, 0.1) is 0 Å². The zero-order valence-electron chi connectivity index (χ0n) is 9.70. The lowest BCUT2D eigenvalue weighted by atomic mass is 9.91. The molecule has 2 aliphatic carbocycles. The molecule has 3 aliphatic rings. The molecule has 1 saturated heterocycles. The van der Waals surface area contributed by atoms with Gasteiger partial charge in [-0.25, -0.2) is 4.79 Å². The SMILES string of the molecule is O=C1NC(=O)C2(CC2)C(=O)N1C1CCCCC1. The van der Waals surface area contributed by atoms with Gasteiger partial charge in [0.15, 0.2) is 0 Å². The third-order valence-corrected chi connectivity index (χ3v) is 4.19. The zero-order chi connectivity index (χ0) is 12.0. The highest BCUT2D eigenvalue weighted by Crippen LogP contribution is 2.49. The van der Waals surface area contributed by atoms with Crippen molar-refractivity contribution in [1.29, 1.82) is 0 Å². The number of barbiturate groups is 1. The average molecular weight is 236 g/mol. The molecular weight excluding hydrogens is 220 g/mol. The van der Waals surface area contributed by atoms with E-state index in [1.807, 2.05) is 0 Å². The molecule has 0 bridgehead atoms. The predicted molar refractivity (Wildman–Crippen MR) is 58.9 cm³/mol. The maximum absolute atomic E-state index is 12.3. The Hall–Kier alpha value is -1.39. The summed E-state index contributed by atoms with van der Waals surface area (Å²) in [5.74, 6) is -0.641. The van der Waals surface area contributed by atoms with Crippen LogP contribution in [0.15, 0.2) is 0 Å². The summed E-state index contributed by atoms with van der Waals surface area (Å²) >= 11 is 0. The number of hydrogen-bond acceptors (Lipinski definition) is 3. The zero-order valence-corrected chi connectivity index (χ0v) is 9.70. The number of carbonyl (C=O) groups is 3. The highest BCUT2D eigenvalue weighted by atomic mass is 16.2. The van der Waals surface area contributed by atoms with Crippen LogP contribution in [-0.2, 0) is 9.59 Å². The molecule has 5 nitrogen and oxygen atoms in total. The van der Waals surface area contributed by atoms with Crippen LogP contribution in [0.1, 0.15) is 44.9 Å². The topological polar surface area (TPSA) is 66.5 Å². The van der Waals surface area contributed by atoms with Crippen molar-refractivity contribution < 1.29 is 14.4 Å². The second-order valence-corrected chi connectivity index (χ2v) is 5.31. The van der Waals surface area contributed by atoms with E-state index in [9.17, 15) is 14.4 Å². The molecule has 0 atom stereocenters. The van der Waals surface area contributed by atoms with Crippen LogP contribution in [0.25, 0.3) is 0 Å². The van der Waals surface area contributed by atoms with Crippen molar-refractivity contribution in [2.75, 3.05) is 0 Å². The fourth-order valence-electron chi connectivity index (χ4n) is 2.93. The monoisotopic (exact) mass is 236 g/mol. The largest absolute Gasteiger partial charge is 0.331 e. The lowest BCUT2D eigenvalue weighted by Gasteiger charge is -2.37. The van der Waals surface area contributed by atoms with Crippen molar-refractivity contribution >= 4 is 17.8 Å². The minimum atomic E-state index is -0.884. The Balaban J connectivity index is 1.85. The van der Waals surface area contributed by atoms with E-state index < -0.39 is 11.4 Å². The summed E-state index contributed by atoms with van der Waals surface area (Å²) in [7, 11) is 0. The number of nitrogens with zero attached hydrogens (tertiary/aromatic N) is 1. The third-order valence-electron chi connectivity index (χ3n) is 4.19. The van der Waals surface area contributed by atoms with Gasteiger partial charge in [-0.2, -0.15) is 0 Å². The summed E-state index contributed by atoms with van der Waals surface area (Å²) in [4.78, 5) is 37.1. The van der Waals surface area contributed by atoms with E-state index in [0.29, 0.717) is 12.8 Å². The number of amides is 4. The number of rotatable bonds is 1. The van der Waals surface area contributed by atoms with Crippen LogP contribution < -0.4 is 5.32 Å². The fraction of sp³-hybridized carbons (Fsp3) is 0.750. The van der Waals surface area contributed by atoms with Crippen molar-refractivity contribution in [1.82, 2.24) is 10.2 Å². The molecule has 1 aliphatic heterocycles. The standard InChI is InChI=1S/C12H16N2O3/c15-9-12(6-7-12)10(16)14(11(17)13-9)8-4-2-1-3-5-8/h8H,1-7H2,(H,13,15,17). The number of nitrogens with one attached hydrogen (secondary N) is 1. The number of hydrogen-bond donors (Lipinski definition) is 1. The lowest BCUT2D eigenvalue weighted by Crippen LogP contribution is -2.62. The Bertz CT molecular complexity index is 395. The Morgan fingerprint density at radius 3 is 2.29 bits per heavy atom. The first kappa shape index (κ1) is 10.7.